The topological polar surface area (TPSA) is 99.0 Å². The van der Waals surface area contributed by atoms with Crippen molar-refractivity contribution in [2.75, 3.05) is 11.9 Å². The Hall–Kier alpha value is -2.59. The summed E-state index contributed by atoms with van der Waals surface area (Å²) in [6.07, 6.45) is 1.37. The molecule has 122 valence electrons. The molecule has 0 fully saturated rings. The number of amides is 1. The average molecular weight is 408 g/mol. The molecule has 2 aromatic heterocycles. The smallest absolute Gasteiger partial charge is 0.351 e. The highest BCUT2D eigenvalue weighted by atomic mass is 79.9. The van der Waals surface area contributed by atoms with Crippen LogP contribution >= 0.6 is 27.3 Å². The minimum atomic E-state index is -0.610. The summed E-state index contributed by atoms with van der Waals surface area (Å²) in [6.45, 7) is -0.387. The van der Waals surface area contributed by atoms with Gasteiger partial charge < -0.3 is 10.1 Å². The van der Waals surface area contributed by atoms with Gasteiger partial charge in [0.2, 0.25) is 0 Å². The van der Waals surface area contributed by atoms with Crippen molar-refractivity contribution < 1.29 is 14.3 Å². The lowest BCUT2D eigenvalue weighted by atomic mass is 10.3. The van der Waals surface area contributed by atoms with Gasteiger partial charge in [-0.3, -0.25) is 4.79 Å². The molecule has 3 aromatic rings. The van der Waals surface area contributed by atoms with Crippen LogP contribution in [-0.2, 0) is 9.53 Å². The van der Waals surface area contributed by atoms with Crippen molar-refractivity contribution in [3.63, 3.8) is 0 Å². The van der Waals surface area contributed by atoms with E-state index in [4.69, 9.17) is 4.74 Å². The van der Waals surface area contributed by atoms with Crippen LogP contribution in [0.3, 0.4) is 0 Å². The summed E-state index contributed by atoms with van der Waals surface area (Å²) in [5, 5.41) is 15.1. The maximum atomic E-state index is 12.1. The van der Waals surface area contributed by atoms with E-state index in [9.17, 15) is 9.59 Å². The molecule has 0 aliphatic heterocycles. The van der Waals surface area contributed by atoms with Crippen LogP contribution in [0.5, 0.6) is 0 Å². The molecule has 1 N–H and O–H groups in total. The van der Waals surface area contributed by atoms with Crippen LogP contribution < -0.4 is 5.32 Å². The zero-order valence-electron chi connectivity index (χ0n) is 12.0. The number of nitrogens with zero attached hydrogens (tertiary/aromatic N) is 4. The Kier molecular flexibility index (Phi) is 4.96. The van der Waals surface area contributed by atoms with Crippen LogP contribution in [-0.4, -0.2) is 38.7 Å². The number of thiophene rings is 1. The molecular formula is C14H10BrN5O3S. The number of esters is 1. The minimum Gasteiger partial charge on any atom is -0.451 e. The molecule has 0 unspecified atom stereocenters. The molecule has 0 aliphatic rings. The van der Waals surface area contributed by atoms with Crippen LogP contribution in [0.15, 0.2) is 46.5 Å². The van der Waals surface area contributed by atoms with Crippen molar-refractivity contribution in [1.82, 2.24) is 20.2 Å². The lowest BCUT2D eigenvalue weighted by Crippen LogP contribution is -2.21. The SMILES string of the molecule is O=C(COC(=O)c1sccc1-n1cnnn1)Nc1ccc(Br)cc1. The van der Waals surface area contributed by atoms with Gasteiger partial charge in [0.05, 0.1) is 5.69 Å². The van der Waals surface area contributed by atoms with Crippen molar-refractivity contribution in [3.8, 4) is 5.69 Å². The summed E-state index contributed by atoms with van der Waals surface area (Å²) in [5.74, 6) is -1.03. The molecule has 0 saturated carbocycles. The molecule has 0 saturated heterocycles. The highest BCUT2D eigenvalue weighted by molar-refractivity contribution is 9.10. The van der Waals surface area contributed by atoms with E-state index < -0.39 is 11.9 Å². The largest absolute Gasteiger partial charge is 0.451 e. The summed E-state index contributed by atoms with van der Waals surface area (Å²) < 4.78 is 7.31. The van der Waals surface area contributed by atoms with E-state index in [2.05, 4.69) is 36.8 Å². The Morgan fingerprint density at radius 3 is 2.75 bits per heavy atom. The van der Waals surface area contributed by atoms with Crippen molar-refractivity contribution in [2.45, 2.75) is 0 Å². The highest BCUT2D eigenvalue weighted by Gasteiger charge is 2.18. The lowest BCUT2D eigenvalue weighted by molar-refractivity contribution is -0.119. The van der Waals surface area contributed by atoms with Crippen LogP contribution in [0.25, 0.3) is 5.69 Å². The number of carbonyl (C=O) groups excluding carboxylic acids is 2. The quantitative estimate of drug-likeness (QED) is 0.651. The van der Waals surface area contributed by atoms with E-state index >= 15 is 0 Å². The Balaban J connectivity index is 1.59. The van der Waals surface area contributed by atoms with E-state index in [1.165, 1.54) is 22.3 Å². The number of hydrogen-bond acceptors (Lipinski definition) is 7. The van der Waals surface area contributed by atoms with Crippen molar-refractivity contribution >= 4 is 44.8 Å². The number of rotatable bonds is 5. The molecule has 0 spiro atoms. The third-order valence-electron chi connectivity index (χ3n) is 2.89. The van der Waals surface area contributed by atoms with Gasteiger partial charge >= 0.3 is 5.97 Å². The second kappa shape index (κ2) is 7.32. The summed E-state index contributed by atoms with van der Waals surface area (Å²) in [4.78, 5) is 24.3. The first kappa shape index (κ1) is 16.3. The van der Waals surface area contributed by atoms with Gasteiger partial charge in [-0.15, -0.1) is 16.4 Å². The third kappa shape index (κ3) is 3.84. The number of nitrogens with one attached hydrogen (secondary N) is 1. The Labute approximate surface area is 148 Å². The number of carbonyl (C=O) groups is 2. The zero-order chi connectivity index (χ0) is 16.9. The van der Waals surface area contributed by atoms with Crippen LogP contribution in [0.2, 0.25) is 0 Å². The molecule has 10 heteroatoms. The summed E-state index contributed by atoms with van der Waals surface area (Å²) >= 11 is 4.49. The molecule has 0 atom stereocenters. The molecule has 24 heavy (non-hydrogen) atoms. The average Bonchev–Trinajstić information content (AvgIpc) is 3.25. The number of anilines is 1. The van der Waals surface area contributed by atoms with Gasteiger partial charge in [-0.25, -0.2) is 4.79 Å². The van der Waals surface area contributed by atoms with Gasteiger partial charge in [-0.05, 0) is 46.1 Å². The van der Waals surface area contributed by atoms with Crippen LogP contribution in [0, 0.1) is 0 Å². The van der Waals surface area contributed by atoms with E-state index in [-0.39, 0.29) is 6.61 Å². The summed E-state index contributed by atoms with van der Waals surface area (Å²) in [7, 11) is 0. The predicted molar refractivity (Wildman–Crippen MR) is 90.1 cm³/mol. The summed E-state index contributed by atoms with van der Waals surface area (Å²) in [6, 6.07) is 8.76. The van der Waals surface area contributed by atoms with Gasteiger partial charge in [0.1, 0.15) is 11.2 Å². The van der Waals surface area contributed by atoms with Gasteiger partial charge in [-0.2, -0.15) is 4.68 Å². The first-order valence-electron chi connectivity index (χ1n) is 6.67. The fourth-order valence-electron chi connectivity index (χ4n) is 1.83. The second-order valence-electron chi connectivity index (χ2n) is 4.52. The van der Waals surface area contributed by atoms with E-state index in [0.29, 0.717) is 16.3 Å². The fraction of sp³-hybridized carbons (Fsp3) is 0.0714. The Morgan fingerprint density at radius 2 is 2.04 bits per heavy atom. The monoisotopic (exact) mass is 407 g/mol. The first-order chi connectivity index (χ1) is 11.6. The minimum absolute atomic E-state index is 0.318. The normalized spacial score (nSPS) is 10.4. The van der Waals surface area contributed by atoms with Gasteiger partial charge in [0.15, 0.2) is 6.61 Å². The van der Waals surface area contributed by atoms with Gasteiger partial charge in [0.25, 0.3) is 5.91 Å². The van der Waals surface area contributed by atoms with Crippen LogP contribution in [0.4, 0.5) is 5.69 Å². The third-order valence-corrected chi connectivity index (χ3v) is 4.30. The molecule has 1 amide bonds. The van der Waals surface area contributed by atoms with E-state index in [1.54, 1.807) is 35.7 Å². The maximum Gasteiger partial charge on any atom is 0.351 e. The molecule has 3 rings (SSSR count). The lowest BCUT2D eigenvalue weighted by Gasteiger charge is -2.07. The maximum absolute atomic E-state index is 12.1. The van der Waals surface area contributed by atoms with E-state index in [1.807, 2.05) is 0 Å². The Bertz CT molecular complexity index is 848. The van der Waals surface area contributed by atoms with Crippen molar-refractivity contribution in [2.24, 2.45) is 0 Å². The molecule has 2 heterocycles. The standard InChI is InChI=1S/C14H10BrN5O3S/c15-9-1-3-10(4-2-9)17-12(21)7-23-14(22)13-11(5-6-24-13)20-8-16-18-19-20/h1-6,8H,7H2,(H,17,21). The number of ether oxygens (including phenoxy) is 1. The number of halogens is 1. The fourth-order valence-corrected chi connectivity index (χ4v) is 2.87. The van der Waals surface area contributed by atoms with E-state index in [0.717, 1.165) is 4.47 Å². The molecular weight excluding hydrogens is 398 g/mol. The van der Waals surface area contributed by atoms with Gasteiger partial charge in [-0.1, -0.05) is 15.9 Å². The number of tetrazole rings is 1. The predicted octanol–water partition coefficient (Wildman–Crippen LogP) is 2.28. The molecule has 1 aromatic carbocycles. The molecule has 0 radical (unpaired) electrons. The number of benzene rings is 1. The Morgan fingerprint density at radius 1 is 1.25 bits per heavy atom. The summed E-state index contributed by atoms with van der Waals surface area (Å²) in [5.41, 5.74) is 1.12. The van der Waals surface area contributed by atoms with Crippen molar-refractivity contribution in [3.05, 3.63) is 51.4 Å². The zero-order valence-corrected chi connectivity index (χ0v) is 14.5. The highest BCUT2D eigenvalue weighted by Crippen LogP contribution is 2.21. The van der Waals surface area contributed by atoms with Crippen LogP contribution in [0.1, 0.15) is 9.67 Å². The number of aromatic nitrogens is 4. The molecule has 0 bridgehead atoms. The second-order valence-corrected chi connectivity index (χ2v) is 6.35. The molecule has 8 nitrogen and oxygen atoms in total. The number of hydrogen-bond donors (Lipinski definition) is 1. The van der Waals surface area contributed by atoms with Crippen molar-refractivity contribution in [1.29, 1.82) is 0 Å². The molecule has 0 aliphatic carbocycles. The van der Waals surface area contributed by atoms with Gasteiger partial charge in [0, 0.05) is 10.2 Å². The first-order valence-corrected chi connectivity index (χ1v) is 8.34.